The van der Waals surface area contributed by atoms with E-state index in [2.05, 4.69) is 15.4 Å². The summed E-state index contributed by atoms with van der Waals surface area (Å²) in [6.07, 6.45) is 1.47. The minimum Gasteiger partial charge on any atom is -0.366 e. The third-order valence-electron chi connectivity index (χ3n) is 3.21. The number of amides is 1. The summed E-state index contributed by atoms with van der Waals surface area (Å²) < 4.78 is 1.70. The largest absolute Gasteiger partial charge is 0.366 e. The van der Waals surface area contributed by atoms with Crippen LogP contribution in [0.4, 0.5) is 5.95 Å². The lowest BCUT2D eigenvalue weighted by molar-refractivity contribution is -0.115. The van der Waals surface area contributed by atoms with Gasteiger partial charge in [-0.05, 0) is 30.9 Å². The molecule has 0 radical (unpaired) electrons. The van der Waals surface area contributed by atoms with Crippen LogP contribution in [0.2, 0.25) is 0 Å². The van der Waals surface area contributed by atoms with Crippen molar-refractivity contribution in [2.45, 2.75) is 19.9 Å². The van der Waals surface area contributed by atoms with Gasteiger partial charge in [-0.15, -0.1) is 11.3 Å². The summed E-state index contributed by atoms with van der Waals surface area (Å²) in [5, 5.41) is 9.26. The first-order valence-electron chi connectivity index (χ1n) is 5.80. The Hall–Kier alpha value is -2.15. The Balaban J connectivity index is 2.24. The zero-order chi connectivity index (χ0) is 13.6. The number of primary amides is 1. The van der Waals surface area contributed by atoms with Crippen LogP contribution in [0.5, 0.6) is 0 Å². The molecule has 0 saturated carbocycles. The second kappa shape index (κ2) is 4.20. The van der Waals surface area contributed by atoms with Gasteiger partial charge in [0, 0.05) is 10.6 Å². The molecule has 1 aliphatic rings. The number of thiophene rings is 1. The van der Waals surface area contributed by atoms with Crippen molar-refractivity contribution in [1.29, 1.82) is 0 Å². The highest BCUT2D eigenvalue weighted by Gasteiger charge is 2.33. The number of aromatic nitrogens is 3. The van der Waals surface area contributed by atoms with Crippen LogP contribution >= 0.6 is 11.3 Å². The van der Waals surface area contributed by atoms with Crippen LogP contribution in [-0.2, 0) is 4.79 Å². The van der Waals surface area contributed by atoms with Gasteiger partial charge < -0.3 is 11.1 Å². The number of carbonyl (C=O) groups is 1. The molecule has 6 nitrogen and oxygen atoms in total. The van der Waals surface area contributed by atoms with E-state index in [9.17, 15) is 4.79 Å². The number of anilines is 1. The summed E-state index contributed by atoms with van der Waals surface area (Å²) in [5.41, 5.74) is 7.91. The van der Waals surface area contributed by atoms with E-state index in [0.29, 0.717) is 11.5 Å². The number of allylic oxidation sites excluding steroid dienone is 1. The Bertz CT molecular complexity index is 684. The maximum atomic E-state index is 11.8. The minimum absolute atomic E-state index is 0.295. The number of hydrogen-bond acceptors (Lipinski definition) is 5. The molecule has 0 aromatic carbocycles. The van der Waals surface area contributed by atoms with E-state index in [1.165, 1.54) is 6.33 Å². The average Bonchev–Trinajstić information content (AvgIpc) is 2.95. The van der Waals surface area contributed by atoms with Crippen molar-refractivity contribution in [3.05, 3.63) is 39.5 Å². The van der Waals surface area contributed by atoms with Gasteiger partial charge in [-0.2, -0.15) is 10.1 Å². The summed E-state index contributed by atoms with van der Waals surface area (Å²) in [6, 6.07) is 1.73. The lowest BCUT2D eigenvalue weighted by Crippen LogP contribution is -2.31. The zero-order valence-corrected chi connectivity index (χ0v) is 11.4. The van der Waals surface area contributed by atoms with Gasteiger partial charge in [-0.3, -0.25) is 4.79 Å². The molecule has 3 rings (SSSR count). The van der Waals surface area contributed by atoms with Crippen LogP contribution in [-0.4, -0.2) is 20.7 Å². The molecular weight excluding hydrogens is 262 g/mol. The van der Waals surface area contributed by atoms with Crippen LogP contribution in [0.1, 0.15) is 23.4 Å². The molecule has 1 atom stereocenters. The van der Waals surface area contributed by atoms with E-state index >= 15 is 0 Å². The molecular formula is C12H13N5OS. The molecule has 98 valence electrons. The van der Waals surface area contributed by atoms with Gasteiger partial charge in [0.15, 0.2) is 0 Å². The molecule has 0 unspecified atom stereocenters. The molecule has 0 spiro atoms. The van der Waals surface area contributed by atoms with Crippen molar-refractivity contribution in [2.24, 2.45) is 5.73 Å². The van der Waals surface area contributed by atoms with Gasteiger partial charge in [0.25, 0.3) is 0 Å². The fourth-order valence-corrected chi connectivity index (χ4v) is 3.34. The Morgan fingerprint density at radius 2 is 2.32 bits per heavy atom. The van der Waals surface area contributed by atoms with Gasteiger partial charge in [0.2, 0.25) is 11.9 Å². The van der Waals surface area contributed by atoms with Gasteiger partial charge in [0.05, 0.1) is 5.57 Å². The van der Waals surface area contributed by atoms with Crippen molar-refractivity contribution in [1.82, 2.24) is 14.8 Å². The molecule has 0 aliphatic carbocycles. The van der Waals surface area contributed by atoms with Crippen molar-refractivity contribution in [3.8, 4) is 0 Å². The van der Waals surface area contributed by atoms with Gasteiger partial charge in [-0.1, -0.05) is 0 Å². The van der Waals surface area contributed by atoms with Gasteiger partial charge >= 0.3 is 0 Å². The van der Waals surface area contributed by atoms with Gasteiger partial charge in [0.1, 0.15) is 12.4 Å². The minimum atomic E-state index is -0.441. The highest BCUT2D eigenvalue weighted by molar-refractivity contribution is 7.10. The molecule has 2 aromatic rings. The molecule has 3 N–H and O–H groups in total. The molecule has 0 bridgehead atoms. The molecule has 19 heavy (non-hydrogen) atoms. The summed E-state index contributed by atoms with van der Waals surface area (Å²) in [7, 11) is 0. The normalized spacial score (nSPS) is 18.1. The maximum absolute atomic E-state index is 11.8. The van der Waals surface area contributed by atoms with E-state index in [0.717, 1.165) is 16.1 Å². The maximum Gasteiger partial charge on any atom is 0.248 e. The second-order valence-corrected chi connectivity index (χ2v) is 5.37. The third kappa shape index (κ3) is 1.74. The number of nitrogens with two attached hydrogens (primary N) is 1. The summed E-state index contributed by atoms with van der Waals surface area (Å²) >= 11 is 1.59. The highest BCUT2D eigenvalue weighted by Crippen LogP contribution is 2.37. The number of hydrogen-bond donors (Lipinski definition) is 2. The highest BCUT2D eigenvalue weighted by atomic mass is 32.1. The van der Waals surface area contributed by atoms with E-state index in [1.807, 2.05) is 25.3 Å². The van der Waals surface area contributed by atoms with Crippen LogP contribution in [0.15, 0.2) is 29.0 Å². The lowest BCUT2D eigenvalue weighted by Gasteiger charge is -2.27. The number of carbonyl (C=O) groups excluding carboxylic acids is 1. The summed E-state index contributed by atoms with van der Waals surface area (Å²) in [4.78, 5) is 17.0. The Morgan fingerprint density at radius 3 is 2.95 bits per heavy atom. The first kappa shape index (κ1) is 11.9. The predicted octanol–water partition coefficient (Wildman–Crippen LogP) is 1.42. The van der Waals surface area contributed by atoms with Crippen molar-refractivity contribution in [3.63, 3.8) is 0 Å². The number of nitrogens with zero attached hydrogens (tertiary/aromatic N) is 3. The molecule has 7 heteroatoms. The summed E-state index contributed by atoms with van der Waals surface area (Å²) in [5.74, 6) is 0.184. The molecule has 0 fully saturated rings. The molecule has 2 aromatic heterocycles. The lowest BCUT2D eigenvalue weighted by atomic mass is 9.99. The number of rotatable bonds is 2. The Morgan fingerprint density at radius 1 is 1.53 bits per heavy atom. The SMILES string of the molecule is CC1=C(C(N)=O)[C@@H](c2sccc2C)n2ncnc2N1. The Kier molecular flexibility index (Phi) is 2.63. The van der Waals surface area contributed by atoms with Crippen LogP contribution < -0.4 is 11.1 Å². The topological polar surface area (TPSA) is 85.8 Å². The fraction of sp³-hybridized carbons (Fsp3) is 0.250. The smallest absolute Gasteiger partial charge is 0.248 e. The van der Waals surface area contributed by atoms with Crippen molar-refractivity contribution in [2.75, 3.05) is 5.32 Å². The van der Waals surface area contributed by atoms with Crippen LogP contribution in [0.3, 0.4) is 0 Å². The first-order chi connectivity index (χ1) is 9.09. The quantitative estimate of drug-likeness (QED) is 0.868. The third-order valence-corrected chi connectivity index (χ3v) is 4.28. The monoisotopic (exact) mass is 275 g/mol. The van der Waals surface area contributed by atoms with E-state index < -0.39 is 5.91 Å². The fourth-order valence-electron chi connectivity index (χ4n) is 2.32. The molecule has 0 saturated heterocycles. The van der Waals surface area contributed by atoms with Crippen LogP contribution in [0.25, 0.3) is 0 Å². The average molecular weight is 275 g/mol. The van der Waals surface area contributed by atoms with Crippen molar-refractivity contribution >= 4 is 23.2 Å². The van der Waals surface area contributed by atoms with E-state index in [1.54, 1.807) is 16.0 Å². The second-order valence-electron chi connectivity index (χ2n) is 4.43. The molecule has 1 aliphatic heterocycles. The van der Waals surface area contributed by atoms with E-state index in [4.69, 9.17) is 5.73 Å². The number of aryl methyl sites for hydroxylation is 1. The first-order valence-corrected chi connectivity index (χ1v) is 6.68. The number of fused-ring (bicyclic) bond motifs is 1. The van der Waals surface area contributed by atoms with E-state index in [-0.39, 0.29) is 6.04 Å². The van der Waals surface area contributed by atoms with Gasteiger partial charge in [-0.25, -0.2) is 4.68 Å². The Labute approximate surface area is 114 Å². The predicted molar refractivity (Wildman–Crippen MR) is 72.7 cm³/mol. The zero-order valence-electron chi connectivity index (χ0n) is 10.5. The van der Waals surface area contributed by atoms with Crippen LogP contribution in [0, 0.1) is 6.92 Å². The standard InChI is InChI=1S/C12H13N5OS/c1-6-3-4-19-10(6)9-8(11(13)18)7(2)16-12-14-5-15-17(9)12/h3-5,9H,1-2H3,(H2,13,18)(H,14,15,16)/t9-/m0/s1. The number of nitrogens with one attached hydrogen (secondary N) is 1. The summed E-state index contributed by atoms with van der Waals surface area (Å²) in [6.45, 7) is 3.84. The molecule has 1 amide bonds. The molecule has 3 heterocycles. The van der Waals surface area contributed by atoms with Crippen molar-refractivity contribution < 1.29 is 4.79 Å².